The quantitative estimate of drug-likeness (QED) is 0.611. The topological polar surface area (TPSA) is 97.7 Å². The molecule has 1 amide bonds. The number of amides is 1. The number of hydrogen-bond donors (Lipinski definition) is 1. The van der Waals surface area contributed by atoms with E-state index in [1.165, 1.54) is 7.11 Å². The summed E-state index contributed by atoms with van der Waals surface area (Å²) in [6.07, 6.45) is 0. The van der Waals surface area contributed by atoms with Crippen LogP contribution < -0.4 is 10.2 Å². The summed E-state index contributed by atoms with van der Waals surface area (Å²) >= 11 is 0. The molecule has 7 nitrogen and oxygen atoms in total. The summed E-state index contributed by atoms with van der Waals surface area (Å²) in [5.74, 6) is -0.337. The van der Waals surface area contributed by atoms with E-state index in [1.54, 1.807) is 48.5 Å². The summed E-state index contributed by atoms with van der Waals surface area (Å²) in [4.78, 5) is 28.0. The van der Waals surface area contributed by atoms with Crippen LogP contribution in [0.2, 0.25) is 0 Å². The molecule has 0 fully saturated rings. The molecule has 0 aliphatic carbocycles. The molecule has 0 saturated carbocycles. The van der Waals surface area contributed by atoms with Crippen LogP contribution in [-0.4, -0.2) is 25.6 Å². The maximum absolute atomic E-state index is 11.9. The average Bonchev–Trinajstić information content (AvgIpc) is 2.67. The van der Waals surface area contributed by atoms with E-state index in [9.17, 15) is 9.59 Å². The van der Waals surface area contributed by atoms with E-state index >= 15 is 0 Å². The Kier molecular flexibility index (Phi) is 6.51. The van der Waals surface area contributed by atoms with Gasteiger partial charge in [0, 0.05) is 5.56 Å². The first-order valence-corrected chi connectivity index (χ1v) is 7.33. The molecule has 0 saturated heterocycles. The van der Waals surface area contributed by atoms with Gasteiger partial charge in [-0.15, -0.1) is 0 Å². The third kappa shape index (κ3) is 5.64. The molecule has 1 N–H and O–H groups in total. The fourth-order valence-corrected chi connectivity index (χ4v) is 1.82. The molecule has 128 valence electrons. The van der Waals surface area contributed by atoms with Gasteiger partial charge >= 0.3 is 5.97 Å². The molecule has 2 aromatic rings. The lowest BCUT2D eigenvalue weighted by molar-refractivity contribution is -0.142. The lowest BCUT2D eigenvalue weighted by atomic mass is 10.1. The molecule has 0 aliphatic rings. The second-order valence-electron chi connectivity index (χ2n) is 4.92. The van der Waals surface area contributed by atoms with Crippen LogP contribution in [0, 0.1) is 11.3 Å². The SMILES string of the molecule is COC(=O)COc1ccc(CONC(=O)c2ccc(C#N)cc2)cc1. The Bertz CT molecular complexity index is 764. The average molecular weight is 340 g/mol. The van der Waals surface area contributed by atoms with Gasteiger partial charge in [-0.3, -0.25) is 9.63 Å². The molecular formula is C18H16N2O5. The molecular weight excluding hydrogens is 324 g/mol. The van der Waals surface area contributed by atoms with Gasteiger partial charge in [0.15, 0.2) is 6.61 Å². The molecule has 0 aromatic heterocycles. The van der Waals surface area contributed by atoms with Gasteiger partial charge in [-0.25, -0.2) is 10.3 Å². The number of nitriles is 1. The van der Waals surface area contributed by atoms with Crippen LogP contribution in [0.25, 0.3) is 0 Å². The summed E-state index contributed by atoms with van der Waals surface area (Å²) in [7, 11) is 1.29. The number of methoxy groups -OCH3 is 1. The lowest BCUT2D eigenvalue weighted by Gasteiger charge is -2.08. The summed E-state index contributed by atoms with van der Waals surface area (Å²) in [5.41, 5.74) is 4.02. The van der Waals surface area contributed by atoms with Crippen LogP contribution in [0.15, 0.2) is 48.5 Å². The number of hydroxylamine groups is 1. The van der Waals surface area contributed by atoms with E-state index in [2.05, 4.69) is 10.2 Å². The van der Waals surface area contributed by atoms with Gasteiger partial charge in [0.2, 0.25) is 0 Å². The second kappa shape index (κ2) is 9.05. The van der Waals surface area contributed by atoms with Crippen molar-refractivity contribution in [2.75, 3.05) is 13.7 Å². The normalized spacial score (nSPS) is 9.76. The number of carbonyl (C=O) groups excluding carboxylic acids is 2. The van der Waals surface area contributed by atoms with Crippen LogP contribution in [0.3, 0.4) is 0 Å². The first-order chi connectivity index (χ1) is 12.1. The van der Waals surface area contributed by atoms with Crippen LogP contribution in [0.5, 0.6) is 5.75 Å². The van der Waals surface area contributed by atoms with E-state index in [0.29, 0.717) is 16.9 Å². The Morgan fingerprint density at radius 2 is 1.76 bits per heavy atom. The smallest absolute Gasteiger partial charge is 0.343 e. The van der Waals surface area contributed by atoms with Gasteiger partial charge in [-0.05, 0) is 42.0 Å². The molecule has 2 rings (SSSR count). The Morgan fingerprint density at radius 1 is 1.08 bits per heavy atom. The van der Waals surface area contributed by atoms with Crippen molar-refractivity contribution in [1.29, 1.82) is 5.26 Å². The minimum atomic E-state index is -0.460. The van der Waals surface area contributed by atoms with Gasteiger partial charge in [0.25, 0.3) is 5.91 Å². The van der Waals surface area contributed by atoms with Crippen molar-refractivity contribution < 1.29 is 23.9 Å². The number of rotatable bonds is 7. The Hall–Kier alpha value is -3.37. The van der Waals surface area contributed by atoms with Crippen molar-refractivity contribution in [1.82, 2.24) is 5.48 Å². The standard InChI is InChI=1S/C18H16N2O5/c1-23-17(21)12-24-16-8-4-14(5-9-16)11-25-20-18(22)15-6-2-13(10-19)3-7-15/h2-9H,11-12H2,1H3,(H,20,22). The largest absolute Gasteiger partial charge is 0.482 e. The van der Waals surface area contributed by atoms with Crippen LogP contribution in [-0.2, 0) is 21.0 Å². The molecule has 0 aliphatic heterocycles. The number of ether oxygens (including phenoxy) is 2. The summed E-state index contributed by atoms with van der Waals surface area (Å²) in [6, 6.07) is 15.1. The Labute approximate surface area is 144 Å². The zero-order valence-corrected chi connectivity index (χ0v) is 13.5. The molecule has 0 radical (unpaired) electrons. The number of benzene rings is 2. The van der Waals surface area contributed by atoms with Crippen molar-refractivity contribution in [2.24, 2.45) is 0 Å². The van der Waals surface area contributed by atoms with E-state index in [0.717, 1.165) is 5.56 Å². The highest BCUT2D eigenvalue weighted by atomic mass is 16.6. The number of nitrogens with one attached hydrogen (secondary N) is 1. The third-order valence-electron chi connectivity index (χ3n) is 3.19. The summed E-state index contributed by atoms with van der Waals surface area (Å²) < 4.78 is 9.71. The zero-order chi connectivity index (χ0) is 18.1. The Balaban J connectivity index is 1.78. The monoisotopic (exact) mass is 340 g/mol. The van der Waals surface area contributed by atoms with E-state index in [-0.39, 0.29) is 13.2 Å². The van der Waals surface area contributed by atoms with E-state index < -0.39 is 11.9 Å². The summed E-state index contributed by atoms with van der Waals surface area (Å²) in [5, 5.41) is 8.72. The van der Waals surface area contributed by atoms with Crippen molar-refractivity contribution in [2.45, 2.75) is 6.61 Å². The number of nitrogens with zero attached hydrogens (tertiary/aromatic N) is 1. The van der Waals surface area contributed by atoms with Crippen molar-refractivity contribution >= 4 is 11.9 Å². The molecule has 0 atom stereocenters. The van der Waals surface area contributed by atoms with Crippen molar-refractivity contribution in [3.8, 4) is 11.8 Å². The predicted molar refractivity (Wildman–Crippen MR) is 87.4 cm³/mol. The number of carbonyl (C=O) groups is 2. The molecule has 0 bridgehead atoms. The third-order valence-corrected chi connectivity index (χ3v) is 3.19. The lowest BCUT2D eigenvalue weighted by Crippen LogP contribution is -2.23. The van der Waals surface area contributed by atoms with Gasteiger partial charge in [0.05, 0.1) is 25.3 Å². The molecule has 0 spiro atoms. The van der Waals surface area contributed by atoms with Gasteiger partial charge in [0.1, 0.15) is 5.75 Å². The predicted octanol–water partition coefficient (Wildman–Crippen LogP) is 1.97. The molecule has 7 heteroatoms. The zero-order valence-electron chi connectivity index (χ0n) is 13.5. The van der Waals surface area contributed by atoms with E-state index in [1.807, 2.05) is 6.07 Å². The highest BCUT2D eigenvalue weighted by molar-refractivity contribution is 5.93. The van der Waals surface area contributed by atoms with Crippen molar-refractivity contribution in [3.63, 3.8) is 0 Å². The second-order valence-corrected chi connectivity index (χ2v) is 4.92. The fourth-order valence-electron chi connectivity index (χ4n) is 1.82. The van der Waals surface area contributed by atoms with E-state index in [4.69, 9.17) is 14.8 Å². The molecule has 0 unspecified atom stereocenters. The minimum Gasteiger partial charge on any atom is -0.482 e. The minimum absolute atomic E-state index is 0.160. The maximum Gasteiger partial charge on any atom is 0.343 e. The molecule has 2 aromatic carbocycles. The molecule has 0 heterocycles. The van der Waals surface area contributed by atoms with Crippen LogP contribution in [0.1, 0.15) is 21.5 Å². The summed E-state index contributed by atoms with van der Waals surface area (Å²) in [6.45, 7) is 0.00625. The Morgan fingerprint density at radius 3 is 2.36 bits per heavy atom. The first-order valence-electron chi connectivity index (χ1n) is 7.33. The highest BCUT2D eigenvalue weighted by Crippen LogP contribution is 2.12. The van der Waals surface area contributed by atoms with Gasteiger partial charge in [-0.2, -0.15) is 5.26 Å². The van der Waals surface area contributed by atoms with Crippen molar-refractivity contribution in [3.05, 3.63) is 65.2 Å². The highest BCUT2D eigenvalue weighted by Gasteiger charge is 2.06. The number of esters is 1. The van der Waals surface area contributed by atoms with Crippen LogP contribution >= 0.6 is 0 Å². The van der Waals surface area contributed by atoms with Gasteiger partial charge < -0.3 is 9.47 Å². The van der Waals surface area contributed by atoms with Crippen LogP contribution in [0.4, 0.5) is 0 Å². The number of hydrogen-bond acceptors (Lipinski definition) is 6. The molecule has 25 heavy (non-hydrogen) atoms. The fraction of sp³-hybridized carbons (Fsp3) is 0.167. The maximum atomic E-state index is 11.9. The first kappa shape index (κ1) is 18.0. The van der Waals surface area contributed by atoms with Gasteiger partial charge in [-0.1, -0.05) is 12.1 Å².